The smallest absolute Gasteiger partial charge is 0.243 e. The molecule has 0 bridgehead atoms. The molecule has 1 aliphatic rings. The normalized spacial score (nSPS) is 17.6. The van der Waals surface area contributed by atoms with E-state index in [1.807, 2.05) is 42.5 Å². The van der Waals surface area contributed by atoms with E-state index >= 15 is 0 Å². The molecule has 2 aromatic carbocycles. The molecule has 0 aliphatic carbocycles. The number of unbranched alkanes of at least 4 members (excludes halogenated alkanes) is 5. The van der Waals surface area contributed by atoms with Crippen molar-refractivity contribution in [3.05, 3.63) is 65.7 Å². The van der Waals surface area contributed by atoms with Gasteiger partial charge < -0.3 is 5.32 Å². The van der Waals surface area contributed by atoms with E-state index in [-0.39, 0.29) is 12.3 Å². The molecule has 0 fully saturated rings. The van der Waals surface area contributed by atoms with Crippen molar-refractivity contribution in [2.75, 3.05) is 6.54 Å². The topological polar surface area (TPSA) is 66.5 Å². The first-order chi connectivity index (χ1) is 14.5. The first-order valence-electron chi connectivity index (χ1n) is 11.0. The van der Waals surface area contributed by atoms with Crippen molar-refractivity contribution in [1.82, 2.24) is 9.62 Å². The Hall–Kier alpha value is -2.18. The molecule has 0 radical (unpaired) electrons. The van der Waals surface area contributed by atoms with Crippen LogP contribution in [-0.4, -0.2) is 25.2 Å². The zero-order valence-corrected chi connectivity index (χ0v) is 18.5. The monoisotopic (exact) mass is 428 g/mol. The van der Waals surface area contributed by atoms with Crippen LogP contribution in [-0.2, 0) is 21.4 Å². The van der Waals surface area contributed by atoms with Gasteiger partial charge >= 0.3 is 0 Å². The van der Waals surface area contributed by atoms with Gasteiger partial charge in [0.25, 0.3) is 0 Å². The molecule has 0 saturated heterocycles. The third kappa shape index (κ3) is 5.49. The average Bonchev–Trinajstić information content (AvgIpc) is 2.97. The highest BCUT2D eigenvalue weighted by Gasteiger charge is 2.42. The van der Waals surface area contributed by atoms with E-state index in [0.29, 0.717) is 18.0 Å². The summed E-state index contributed by atoms with van der Waals surface area (Å²) in [4.78, 5) is 13.0. The number of benzene rings is 2. The summed E-state index contributed by atoms with van der Waals surface area (Å²) in [6, 6.07) is 16.4. The van der Waals surface area contributed by atoms with Gasteiger partial charge in [0.15, 0.2) is 0 Å². The van der Waals surface area contributed by atoms with Gasteiger partial charge in [0, 0.05) is 19.5 Å². The van der Waals surface area contributed by atoms with Crippen LogP contribution in [0.3, 0.4) is 0 Å². The molecule has 1 amide bonds. The summed E-state index contributed by atoms with van der Waals surface area (Å²) in [5.41, 5.74) is 1.76. The molecule has 0 spiro atoms. The highest BCUT2D eigenvalue weighted by atomic mass is 32.2. The van der Waals surface area contributed by atoms with Gasteiger partial charge in [0.2, 0.25) is 15.9 Å². The third-order valence-corrected chi connectivity index (χ3v) is 7.64. The number of fused-ring (bicyclic) bond motifs is 1. The van der Waals surface area contributed by atoms with E-state index in [0.717, 1.165) is 30.4 Å². The summed E-state index contributed by atoms with van der Waals surface area (Å²) >= 11 is 0. The van der Waals surface area contributed by atoms with Crippen molar-refractivity contribution in [1.29, 1.82) is 0 Å². The number of rotatable bonds is 11. The third-order valence-electron chi connectivity index (χ3n) is 5.66. The van der Waals surface area contributed by atoms with Crippen LogP contribution in [0.2, 0.25) is 0 Å². The lowest BCUT2D eigenvalue weighted by atomic mass is 10.0. The molecule has 2 aromatic rings. The zero-order valence-electron chi connectivity index (χ0n) is 17.7. The minimum atomic E-state index is -3.55. The van der Waals surface area contributed by atoms with Crippen LogP contribution in [0.15, 0.2) is 59.5 Å². The molecule has 1 atom stereocenters. The van der Waals surface area contributed by atoms with Crippen molar-refractivity contribution < 1.29 is 13.2 Å². The maximum absolute atomic E-state index is 13.1. The maximum atomic E-state index is 13.1. The first kappa shape index (κ1) is 22.5. The first-order valence-corrected chi connectivity index (χ1v) is 12.4. The van der Waals surface area contributed by atoms with Crippen molar-refractivity contribution in [2.24, 2.45) is 0 Å². The van der Waals surface area contributed by atoms with Crippen LogP contribution in [0, 0.1) is 0 Å². The lowest BCUT2D eigenvalue weighted by Crippen LogP contribution is -2.33. The second kappa shape index (κ2) is 10.7. The highest BCUT2D eigenvalue weighted by molar-refractivity contribution is 7.89. The molecule has 1 heterocycles. The SMILES string of the molecule is CCCCCCCCN1[C@@H](CC(=O)NCc2ccccc2)c2ccccc2S1(=O)=O. The molecule has 0 aromatic heterocycles. The Bertz CT molecular complexity index is 928. The van der Waals surface area contributed by atoms with E-state index in [4.69, 9.17) is 0 Å². The number of hydrogen-bond donors (Lipinski definition) is 1. The summed E-state index contributed by atoms with van der Waals surface area (Å²) in [6.07, 6.45) is 6.69. The van der Waals surface area contributed by atoms with E-state index in [9.17, 15) is 13.2 Å². The number of nitrogens with zero attached hydrogens (tertiary/aromatic N) is 1. The van der Waals surface area contributed by atoms with Gasteiger partial charge in [0.05, 0.1) is 10.9 Å². The summed E-state index contributed by atoms with van der Waals surface area (Å²) < 4.78 is 27.8. The fourth-order valence-electron chi connectivity index (χ4n) is 4.02. The molecule has 162 valence electrons. The zero-order chi connectivity index (χ0) is 21.4. The Balaban J connectivity index is 1.66. The fourth-order valence-corrected chi connectivity index (χ4v) is 5.92. The van der Waals surface area contributed by atoms with E-state index < -0.39 is 16.1 Å². The molecule has 30 heavy (non-hydrogen) atoms. The van der Waals surface area contributed by atoms with Crippen molar-refractivity contribution >= 4 is 15.9 Å². The Morgan fingerprint density at radius 1 is 0.933 bits per heavy atom. The van der Waals surface area contributed by atoms with Gasteiger partial charge in [-0.2, -0.15) is 4.31 Å². The summed E-state index contributed by atoms with van der Waals surface area (Å²) in [7, 11) is -3.55. The Kier molecular flexibility index (Phi) is 8.05. The van der Waals surface area contributed by atoms with Crippen molar-refractivity contribution in [3.8, 4) is 0 Å². The molecule has 3 rings (SSSR count). The second-order valence-corrected chi connectivity index (χ2v) is 9.76. The minimum Gasteiger partial charge on any atom is -0.352 e. The molecule has 0 saturated carbocycles. The lowest BCUT2D eigenvalue weighted by molar-refractivity contribution is -0.122. The number of sulfonamides is 1. The van der Waals surface area contributed by atoms with Crippen molar-refractivity contribution in [2.45, 2.75) is 69.4 Å². The van der Waals surface area contributed by atoms with Crippen LogP contribution in [0.1, 0.15) is 69.0 Å². The molecule has 0 unspecified atom stereocenters. The largest absolute Gasteiger partial charge is 0.352 e. The van der Waals surface area contributed by atoms with E-state index in [1.165, 1.54) is 19.3 Å². The number of carbonyl (C=O) groups is 1. The lowest BCUT2D eigenvalue weighted by Gasteiger charge is -2.23. The van der Waals surface area contributed by atoms with Gasteiger partial charge in [-0.3, -0.25) is 4.79 Å². The molecule has 6 heteroatoms. The van der Waals surface area contributed by atoms with Crippen molar-refractivity contribution in [3.63, 3.8) is 0 Å². The number of hydrogen-bond acceptors (Lipinski definition) is 3. The Labute approximate surface area is 180 Å². The van der Waals surface area contributed by atoms with Gasteiger partial charge in [-0.15, -0.1) is 0 Å². The standard InChI is InChI=1S/C24H32N2O3S/c1-2-3-4-5-6-12-17-26-22(21-15-10-11-16-23(21)30(26,28)29)18-24(27)25-19-20-13-8-7-9-14-20/h7-11,13-16,22H,2-6,12,17-19H2,1H3,(H,25,27)/t22-/m0/s1. The van der Waals surface area contributed by atoms with Crippen LogP contribution >= 0.6 is 0 Å². The van der Waals surface area contributed by atoms with Gasteiger partial charge in [-0.05, 0) is 23.6 Å². The predicted molar refractivity (Wildman–Crippen MR) is 119 cm³/mol. The molecule has 5 nitrogen and oxygen atoms in total. The number of nitrogens with one attached hydrogen (secondary N) is 1. The minimum absolute atomic E-state index is 0.135. The summed E-state index contributed by atoms with van der Waals surface area (Å²) in [5, 5.41) is 2.93. The summed E-state index contributed by atoms with van der Waals surface area (Å²) in [6.45, 7) is 3.08. The Morgan fingerprint density at radius 3 is 2.37 bits per heavy atom. The molecule has 1 aliphatic heterocycles. The second-order valence-electron chi connectivity index (χ2n) is 7.90. The van der Waals surface area contributed by atoms with Crippen LogP contribution < -0.4 is 5.32 Å². The maximum Gasteiger partial charge on any atom is 0.243 e. The molecular weight excluding hydrogens is 396 g/mol. The summed E-state index contributed by atoms with van der Waals surface area (Å²) in [5.74, 6) is -0.135. The van der Waals surface area contributed by atoms with Gasteiger partial charge in [-0.25, -0.2) is 8.42 Å². The van der Waals surface area contributed by atoms with Gasteiger partial charge in [0.1, 0.15) is 0 Å². The van der Waals surface area contributed by atoms with Crippen LogP contribution in [0.5, 0.6) is 0 Å². The van der Waals surface area contributed by atoms with Crippen LogP contribution in [0.4, 0.5) is 0 Å². The van der Waals surface area contributed by atoms with E-state index in [2.05, 4.69) is 12.2 Å². The number of amides is 1. The Morgan fingerprint density at radius 2 is 1.60 bits per heavy atom. The fraction of sp³-hybridized carbons (Fsp3) is 0.458. The average molecular weight is 429 g/mol. The molecular formula is C24H32N2O3S. The molecule has 1 N–H and O–H groups in total. The number of carbonyl (C=O) groups excluding carboxylic acids is 1. The van der Waals surface area contributed by atoms with E-state index in [1.54, 1.807) is 16.4 Å². The van der Waals surface area contributed by atoms with Crippen LogP contribution in [0.25, 0.3) is 0 Å². The highest BCUT2D eigenvalue weighted by Crippen LogP contribution is 2.41. The quantitative estimate of drug-likeness (QED) is 0.523. The predicted octanol–water partition coefficient (Wildman–Crippen LogP) is 4.80. The van der Waals surface area contributed by atoms with Gasteiger partial charge in [-0.1, -0.05) is 87.6 Å².